The predicted molar refractivity (Wildman–Crippen MR) is 36.9 cm³/mol. The van der Waals surface area contributed by atoms with Crippen LogP contribution in [0.2, 0.25) is 0 Å². The van der Waals surface area contributed by atoms with Gasteiger partial charge in [-0.1, -0.05) is 0 Å². The second kappa shape index (κ2) is 4.51. The number of rotatable bonds is 0. The van der Waals surface area contributed by atoms with Gasteiger partial charge in [0.05, 0.1) is 6.26 Å². The Morgan fingerprint density at radius 1 is 1.00 bits per heavy atom. The summed E-state index contributed by atoms with van der Waals surface area (Å²) in [7, 11) is 0.810. The highest BCUT2D eigenvalue weighted by atomic mass is 35.5. The Labute approximate surface area is 60.8 Å². The van der Waals surface area contributed by atoms with Crippen molar-refractivity contribution in [2.75, 3.05) is 17.8 Å². The van der Waals surface area contributed by atoms with E-state index in [1.54, 1.807) is 0 Å². The minimum Gasteiger partial charge on any atom is -1.00 e. The minimum atomic E-state index is 0. The summed E-state index contributed by atoms with van der Waals surface area (Å²) >= 11 is 0. The van der Waals surface area contributed by atoms with Gasteiger partial charge in [-0.05, 0) is 30.2 Å². The lowest BCUT2D eigenvalue weighted by molar-refractivity contribution is -0.00000157. The van der Waals surface area contributed by atoms with E-state index in [0.717, 1.165) is 10.9 Å². The third-order valence-electron chi connectivity index (χ3n) is 1.49. The first-order chi connectivity index (χ1) is 3.39. The average molecular weight is 153 g/mol. The number of halogens is 1. The van der Waals surface area contributed by atoms with Crippen LogP contribution in [0.4, 0.5) is 0 Å². The molecule has 50 valence electrons. The zero-order valence-electron chi connectivity index (χ0n) is 5.32. The monoisotopic (exact) mass is 152 g/mol. The van der Waals surface area contributed by atoms with E-state index in [1.807, 2.05) is 0 Å². The van der Waals surface area contributed by atoms with Gasteiger partial charge >= 0.3 is 0 Å². The van der Waals surface area contributed by atoms with E-state index in [2.05, 4.69) is 6.26 Å². The van der Waals surface area contributed by atoms with Crippen molar-refractivity contribution in [3.05, 3.63) is 0 Å². The predicted octanol–water partition coefficient (Wildman–Crippen LogP) is -1.58. The summed E-state index contributed by atoms with van der Waals surface area (Å²) in [6.07, 6.45) is 6.88. The third-order valence-corrected chi connectivity index (χ3v) is 3.46. The molecule has 0 nitrogen and oxygen atoms in total. The van der Waals surface area contributed by atoms with Crippen molar-refractivity contribution in [2.24, 2.45) is 0 Å². The Kier molecular flexibility index (Phi) is 4.87. The van der Waals surface area contributed by atoms with Crippen LogP contribution in [0.3, 0.4) is 0 Å². The molecule has 0 unspecified atom stereocenters. The quantitative estimate of drug-likeness (QED) is 0.368. The van der Waals surface area contributed by atoms with Crippen LogP contribution < -0.4 is 12.4 Å². The fourth-order valence-corrected chi connectivity index (χ4v) is 2.57. The van der Waals surface area contributed by atoms with Gasteiger partial charge in [-0.15, -0.1) is 0 Å². The summed E-state index contributed by atoms with van der Waals surface area (Å²) in [4.78, 5) is 0. The van der Waals surface area contributed by atoms with Crippen molar-refractivity contribution >= 4 is 10.9 Å². The standard InChI is InChI=1S/C6H13S.ClH/c1-7-5-3-2-4-6-7;/h2-6H2,1H3;1H/q+1;/p-1. The van der Waals surface area contributed by atoms with Crippen molar-refractivity contribution in [1.82, 2.24) is 0 Å². The molecule has 0 aliphatic carbocycles. The molecule has 1 aliphatic heterocycles. The highest BCUT2D eigenvalue weighted by Gasteiger charge is 2.14. The highest BCUT2D eigenvalue weighted by molar-refractivity contribution is 7.96. The molecule has 0 aromatic heterocycles. The Morgan fingerprint density at radius 2 is 1.50 bits per heavy atom. The number of hydrogen-bond acceptors (Lipinski definition) is 0. The van der Waals surface area contributed by atoms with E-state index >= 15 is 0 Å². The van der Waals surface area contributed by atoms with Crippen LogP contribution in [-0.2, 0) is 10.9 Å². The van der Waals surface area contributed by atoms with E-state index < -0.39 is 0 Å². The van der Waals surface area contributed by atoms with Crippen LogP contribution in [0.15, 0.2) is 0 Å². The summed E-state index contributed by atoms with van der Waals surface area (Å²) in [5.41, 5.74) is 0. The largest absolute Gasteiger partial charge is 1.00 e. The Hall–Kier alpha value is 0.640. The fraction of sp³-hybridized carbons (Fsp3) is 1.00. The molecule has 0 aromatic rings. The molecule has 2 heteroatoms. The van der Waals surface area contributed by atoms with E-state index in [-0.39, 0.29) is 12.4 Å². The SMILES string of the molecule is C[S+]1CCCCC1.[Cl-]. The summed E-state index contributed by atoms with van der Waals surface area (Å²) in [6, 6.07) is 0. The van der Waals surface area contributed by atoms with E-state index in [9.17, 15) is 0 Å². The Morgan fingerprint density at radius 3 is 1.75 bits per heavy atom. The molecule has 1 fully saturated rings. The van der Waals surface area contributed by atoms with E-state index in [4.69, 9.17) is 0 Å². The molecule has 0 aromatic carbocycles. The maximum Gasteiger partial charge on any atom is 0.107 e. The normalized spacial score (nSPS) is 22.1. The Balaban J connectivity index is 0.000000490. The minimum absolute atomic E-state index is 0. The van der Waals surface area contributed by atoms with Gasteiger partial charge in [-0.3, -0.25) is 0 Å². The van der Waals surface area contributed by atoms with Crippen molar-refractivity contribution in [1.29, 1.82) is 0 Å². The van der Waals surface area contributed by atoms with Crippen LogP contribution in [0.5, 0.6) is 0 Å². The molecule has 1 saturated heterocycles. The summed E-state index contributed by atoms with van der Waals surface area (Å²) in [5.74, 6) is 3.03. The topological polar surface area (TPSA) is 0 Å². The molecule has 8 heavy (non-hydrogen) atoms. The zero-order chi connectivity index (χ0) is 5.11. The molecule has 1 aliphatic rings. The van der Waals surface area contributed by atoms with Crippen molar-refractivity contribution < 1.29 is 12.4 Å². The van der Waals surface area contributed by atoms with Crippen molar-refractivity contribution in [3.8, 4) is 0 Å². The van der Waals surface area contributed by atoms with E-state index in [0.29, 0.717) is 0 Å². The van der Waals surface area contributed by atoms with Crippen LogP contribution in [0, 0.1) is 0 Å². The highest BCUT2D eigenvalue weighted by Crippen LogP contribution is 2.09. The van der Waals surface area contributed by atoms with Gasteiger partial charge in [0.2, 0.25) is 0 Å². The lowest BCUT2D eigenvalue weighted by Gasteiger charge is -2.07. The first-order valence-corrected chi connectivity index (χ1v) is 4.96. The van der Waals surface area contributed by atoms with Crippen molar-refractivity contribution in [2.45, 2.75) is 19.3 Å². The second-order valence-electron chi connectivity index (χ2n) is 2.25. The summed E-state index contributed by atoms with van der Waals surface area (Å²) in [6.45, 7) is 0. The molecule has 0 atom stereocenters. The first kappa shape index (κ1) is 8.64. The molecule has 0 bridgehead atoms. The molecule has 0 spiro atoms. The van der Waals surface area contributed by atoms with Crippen LogP contribution in [0.1, 0.15) is 19.3 Å². The molecule has 1 heterocycles. The van der Waals surface area contributed by atoms with Gasteiger partial charge in [-0.2, -0.15) is 0 Å². The lowest BCUT2D eigenvalue weighted by Crippen LogP contribution is -3.00. The average Bonchev–Trinajstić information content (AvgIpc) is 1.69. The molecule has 0 amide bonds. The third kappa shape index (κ3) is 2.83. The number of hydrogen-bond donors (Lipinski definition) is 0. The molecule has 0 N–H and O–H groups in total. The van der Waals surface area contributed by atoms with Crippen LogP contribution in [-0.4, -0.2) is 17.8 Å². The summed E-state index contributed by atoms with van der Waals surface area (Å²) < 4.78 is 0. The van der Waals surface area contributed by atoms with Crippen LogP contribution in [0.25, 0.3) is 0 Å². The Bertz CT molecular complexity index is 50.5. The zero-order valence-corrected chi connectivity index (χ0v) is 6.89. The summed E-state index contributed by atoms with van der Waals surface area (Å²) in [5, 5.41) is 0. The van der Waals surface area contributed by atoms with Gasteiger partial charge in [-0.25, -0.2) is 0 Å². The van der Waals surface area contributed by atoms with Crippen LogP contribution >= 0.6 is 0 Å². The molecule has 1 rings (SSSR count). The molecule has 0 saturated carbocycles. The molecular formula is C6H13ClS. The van der Waals surface area contributed by atoms with E-state index in [1.165, 1.54) is 30.8 Å². The maximum atomic E-state index is 2.39. The first-order valence-electron chi connectivity index (χ1n) is 2.99. The smallest absolute Gasteiger partial charge is 0.107 e. The molecule has 0 radical (unpaired) electrons. The van der Waals surface area contributed by atoms with Gasteiger partial charge < -0.3 is 12.4 Å². The maximum absolute atomic E-state index is 2.39. The van der Waals surface area contributed by atoms with Gasteiger partial charge in [0.25, 0.3) is 0 Å². The van der Waals surface area contributed by atoms with Gasteiger partial charge in [0.1, 0.15) is 11.5 Å². The second-order valence-corrected chi connectivity index (χ2v) is 4.63. The van der Waals surface area contributed by atoms with Crippen molar-refractivity contribution in [3.63, 3.8) is 0 Å². The molecular weight excluding hydrogens is 140 g/mol. The lowest BCUT2D eigenvalue weighted by atomic mass is 10.3. The van der Waals surface area contributed by atoms with Gasteiger partial charge in [0, 0.05) is 0 Å². The van der Waals surface area contributed by atoms with Gasteiger partial charge in [0.15, 0.2) is 0 Å². The fourth-order valence-electron chi connectivity index (χ4n) is 0.976.